The quantitative estimate of drug-likeness (QED) is 0.267. The van der Waals surface area contributed by atoms with E-state index in [1.165, 1.54) is 0 Å². The lowest BCUT2D eigenvalue weighted by molar-refractivity contribution is -0.161. The van der Waals surface area contributed by atoms with Gasteiger partial charge in [0.25, 0.3) is 0 Å². The lowest BCUT2D eigenvalue weighted by Gasteiger charge is -2.20. The molecule has 0 bridgehead atoms. The average Bonchev–Trinajstić information content (AvgIpc) is 2.60. The molecule has 0 heterocycles. The van der Waals surface area contributed by atoms with E-state index in [1.807, 2.05) is 6.92 Å². The van der Waals surface area contributed by atoms with Crippen LogP contribution in [0.1, 0.15) is 46.0 Å². The topological polar surface area (TPSA) is 149 Å². The SMILES string of the molecule is CCCCC(=O)O[C@H](COC(=O)CCC)COP(=O)(O)OC[C@@H](O)CO. The summed E-state index contributed by atoms with van der Waals surface area (Å²) in [4.78, 5) is 32.7. The van der Waals surface area contributed by atoms with Gasteiger partial charge in [-0.25, -0.2) is 4.57 Å². The molecular formula is C15H29O10P. The summed E-state index contributed by atoms with van der Waals surface area (Å²) >= 11 is 0. The van der Waals surface area contributed by atoms with Crippen LogP contribution in [0.3, 0.4) is 0 Å². The maximum Gasteiger partial charge on any atom is 0.472 e. The van der Waals surface area contributed by atoms with Gasteiger partial charge in [-0.2, -0.15) is 0 Å². The summed E-state index contributed by atoms with van der Waals surface area (Å²) in [5.41, 5.74) is 0. The van der Waals surface area contributed by atoms with Gasteiger partial charge < -0.3 is 24.6 Å². The van der Waals surface area contributed by atoms with Crippen molar-refractivity contribution in [1.82, 2.24) is 0 Å². The molecule has 0 saturated heterocycles. The molecule has 1 unspecified atom stereocenters. The maximum atomic E-state index is 11.7. The van der Waals surface area contributed by atoms with Crippen molar-refractivity contribution >= 4 is 19.8 Å². The lowest BCUT2D eigenvalue weighted by atomic mass is 10.2. The summed E-state index contributed by atoms with van der Waals surface area (Å²) in [6.07, 6.45) is -0.0755. The highest BCUT2D eigenvalue weighted by molar-refractivity contribution is 7.47. The van der Waals surface area contributed by atoms with Crippen molar-refractivity contribution < 1.29 is 47.8 Å². The summed E-state index contributed by atoms with van der Waals surface area (Å²) in [5.74, 6) is -1.03. The zero-order valence-corrected chi connectivity index (χ0v) is 16.1. The van der Waals surface area contributed by atoms with E-state index in [-0.39, 0.29) is 19.4 Å². The minimum atomic E-state index is -4.54. The molecule has 0 aliphatic carbocycles. The normalized spacial score (nSPS) is 15.7. The van der Waals surface area contributed by atoms with E-state index in [1.54, 1.807) is 6.92 Å². The fourth-order valence-corrected chi connectivity index (χ4v) is 2.38. The maximum absolute atomic E-state index is 11.7. The van der Waals surface area contributed by atoms with E-state index < -0.39 is 51.8 Å². The first-order chi connectivity index (χ1) is 12.2. The predicted molar refractivity (Wildman–Crippen MR) is 90.1 cm³/mol. The van der Waals surface area contributed by atoms with Crippen LogP contribution in [0.25, 0.3) is 0 Å². The number of rotatable bonds is 15. The molecule has 10 nitrogen and oxygen atoms in total. The van der Waals surface area contributed by atoms with Gasteiger partial charge in [0.2, 0.25) is 0 Å². The zero-order chi connectivity index (χ0) is 20.0. The van der Waals surface area contributed by atoms with Crippen molar-refractivity contribution in [3.05, 3.63) is 0 Å². The predicted octanol–water partition coefficient (Wildman–Crippen LogP) is 0.918. The number of carbonyl (C=O) groups excluding carboxylic acids is 2. The Morgan fingerprint density at radius 2 is 1.65 bits per heavy atom. The Balaban J connectivity index is 4.59. The molecule has 0 aliphatic heterocycles. The second-order valence-corrected chi connectivity index (χ2v) is 7.00. The second-order valence-electron chi connectivity index (χ2n) is 5.54. The molecule has 0 saturated carbocycles. The van der Waals surface area contributed by atoms with E-state index in [9.17, 15) is 19.0 Å². The van der Waals surface area contributed by atoms with Crippen LogP contribution in [0.4, 0.5) is 0 Å². The summed E-state index contributed by atoms with van der Waals surface area (Å²) in [5, 5.41) is 17.7. The largest absolute Gasteiger partial charge is 0.472 e. The van der Waals surface area contributed by atoms with Gasteiger partial charge >= 0.3 is 19.8 Å². The molecule has 0 aromatic rings. The summed E-state index contributed by atoms with van der Waals surface area (Å²) in [7, 11) is -4.54. The highest BCUT2D eigenvalue weighted by atomic mass is 31.2. The second kappa shape index (κ2) is 14.1. The van der Waals surface area contributed by atoms with Gasteiger partial charge in [-0.1, -0.05) is 20.3 Å². The van der Waals surface area contributed by atoms with E-state index in [0.29, 0.717) is 12.8 Å². The van der Waals surface area contributed by atoms with Gasteiger partial charge in [0.15, 0.2) is 6.10 Å². The standard InChI is InChI=1S/C15H29O10P/c1-3-5-7-15(19)25-13(10-22-14(18)6-4-2)11-24-26(20,21)23-9-12(17)8-16/h12-13,16-17H,3-11H2,1-2H3,(H,20,21)/t12-,13+/m0/s1. The number of hydrogen-bond acceptors (Lipinski definition) is 9. The molecule has 0 spiro atoms. The molecule has 3 N–H and O–H groups in total. The first-order valence-electron chi connectivity index (χ1n) is 8.49. The fourth-order valence-electron chi connectivity index (χ4n) is 1.59. The molecule has 0 amide bonds. The fraction of sp³-hybridized carbons (Fsp3) is 0.867. The Morgan fingerprint density at radius 1 is 1.00 bits per heavy atom. The van der Waals surface area contributed by atoms with Crippen LogP contribution >= 0.6 is 7.82 Å². The molecule has 26 heavy (non-hydrogen) atoms. The Kier molecular flexibility index (Phi) is 13.5. The minimum Gasteiger partial charge on any atom is -0.462 e. The van der Waals surface area contributed by atoms with Crippen molar-refractivity contribution in [2.75, 3.05) is 26.4 Å². The van der Waals surface area contributed by atoms with E-state index in [4.69, 9.17) is 24.2 Å². The van der Waals surface area contributed by atoms with Crippen molar-refractivity contribution in [3.63, 3.8) is 0 Å². The number of aliphatic hydroxyl groups excluding tert-OH is 2. The number of aliphatic hydroxyl groups is 2. The van der Waals surface area contributed by atoms with Crippen LogP contribution < -0.4 is 0 Å². The van der Waals surface area contributed by atoms with Gasteiger partial charge in [-0.05, 0) is 12.8 Å². The van der Waals surface area contributed by atoms with Crippen LogP contribution in [0, 0.1) is 0 Å². The molecule has 154 valence electrons. The highest BCUT2D eigenvalue weighted by Gasteiger charge is 2.26. The van der Waals surface area contributed by atoms with Crippen molar-refractivity contribution in [2.45, 2.75) is 58.2 Å². The lowest BCUT2D eigenvalue weighted by Crippen LogP contribution is -2.29. The molecule has 0 rings (SSSR count). The molecule has 0 radical (unpaired) electrons. The molecule has 3 atom stereocenters. The third kappa shape index (κ3) is 13.2. The number of carbonyl (C=O) groups is 2. The van der Waals surface area contributed by atoms with E-state index in [2.05, 4.69) is 4.52 Å². The zero-order valence-electron chi connectivity index (χ0n) is 15.2. The number of ether oxygens (including phenoxy) is 2. The van der Waals surface area contributed by atoms with Crippen LogP contribution in [-0.2, 0) is 32.7 Å². The van der Waals surface area contributed by atoms with Gasteiger partial charge in [0, 0.05) is 12.8 Å². The molecule has 11 heteroatoms. The molecule has 0 fully saturated rings. The molecular weight excluding hydrogens is 371 g/mol. The van der Waals surface area contributed by atoms with Crippen molar-refractivity contribution in [3.8, 4) is 0 Å². The van der Waals surface area contributed by atoms with Crippen molar-refractivity contribution in [1.29, 1.82) is 0 Å². The molecule has 0 aromatic carbocycles. The minimum absolute atomic E-state index is 0.159. The van der Waals surface area contributed by atoms with E-state index >= 15 is 0 Å². The smallest absolute Gasteiger partial charge is 0.462 e. The Hall–Kier alpha value is -1.03. The molecule has 0 aliphatic rings. The first kappa shape index (κ1) is 25.0. The highest BCUT2D eigenvalue weighted by Crippen LogP contribution is 2.43. The van der Waals surface area contributed by atoms with Crippen LogP contribution in [0.15, 0.2) is 0 Å². The van der Waals surface area contributed by atoms with Gasteiger partial charge in [0.05, 0.1) is 19.8 Å². The molecule has 0 aromatic heterocycles. The average molecular weight is 400 g/mol. The summed E-state index contributed by atoms with van der Waals surface area (Å²) in [6, 6.07) is 0. The number of phosphoric acid groups is 1. The van der Waals surface area contributed by atoms with Crippen LogP contribution in [-0.4, -0.2) is 65.7 Å². The Labute approximate surface area is 153 Å². The summed E-state index contributed by atoms with van der Waals surface area (Å²) < 4.78 is 31.0. The number of esters is 2. The van der Waals surface area contributed by atoms with Gasteiger partial charge in [-0.15, -0.1) is 0 Å². The van der Waals surface area contributed by atoms with Crippen LogP contribution in [0.5, 0.6) is 0 Å². The number of hydrogen-bond donors (Lipinski definition) is 3. The third-order valence-electron chi connectivity index (χ3n) is 2.98. The Morgan fingerprint density at radius 3 is 2.23 bits per heavy atom. The van der Waals surface area contributed by atoms with Gasteiger partial charge in [-0.3, -0.25) is 18.6 Å². The van der Waals surface area contributed by atoms with E-state index in [0.717, 1.165) is 6.42 Å². The Bertz CT molecular complexity index is 456. The number of phosphoric ester groups is 1. The first-order valence-corrected chi connectivity index (χ1v) is 9.99. The number of unbranched alkanes of at least 4 members (excludes halogenated alkanes) is 1. The monoisotopic (exact) mass is 400 g/mol. The third-order valence-corrected chi connectivity index (χ3v) is 3.93. The van der Waals surface area contributed by atoms with Gasteiger partial charge in [0.1, 0.15) is 12.7 Å². The van der Waals surface area contributed by atoms with Crippen molar-refractivity contribution in [2.24, 2.45) is 0 Å². The van der Waals surface area contributed by atoms with Crippen LogP contribution in [0.2, 0.25) is 0 Å². The summed E-state index contributed by atoms with van der Waals surface area (Å²) in [6.45, 7) is 1.57.